The molecule has 0 radical (unpaired) electrons. The van der Waals surface area contributed by atoms with Gasteiger partial charge in [-0.3, -0.25) is 0 Å². The van der Waals surface area contributed by atoms with E-state index in [0.29, 0.717) is 23.1 Å². The fourth-order valence-corrected chi connectivity index (χ4v) is 2.80. The Balaban J connectivity index is 2.08. The molecule has 2 aromatic carbocycles. The van der Waals surface area contributed by atoms with E-state index < -0.39 is 0 Å². The molecule has 0 heterocycles. The molecular formula is C25H27NO2. The fourth-order valence-electron chi connectivity index (χ4n) is 2.80. The van der Waals surface area contributed by atoms with E-state index in [1.807, 2.05) is 24.3 Å². The first kappa shape index (κ1) is 21.1. The molecule has 0 aromatic heterocycles. The summed E-state index contributed by atoms with van der Waals surface area (Å²) in [5.74, 6) is 0.181. The van der Waals surface area contributed by atoms with Crippen molar-refractivity contribution in [3.8, 4) is 17.6 Å². The van der Waals surface area contributed by atoms with Gasteiger partial charge in [-0.1, -0.05) is 47.6 Å². The van der Waals surface area contributed by atoms with Gasteiger partial charge in [0.2, 0.25) is 0 Å². The molecule has 0 aliphatic heterocycles. The molecule has 2 rings (SSSR count). The number of rotatable bonds is 7. The van der Waals surface area contributed by atoms with Gasteiger partial charge < -0.3 is 10.2 Å². The van der Waals surface area contributed by atoms with Crippen molar-refractivity contribution in [2.45, 2.75) is 40.0 Å². The molecule has 0 amide bonds. The van der Waals surface area contributed by atoms with Gasteiger partial charge >= 0.3 is 0 Å². The average molecular weight is 373 g/mol. The summed E-state index contributed by atoms with van der Waals surface area (Å²) >= 11 is 0. The lowest BCUT2D eigenvalue weighted by molar-refractivity contribution is 0.440. The van der Waals surface area contributed by atoms with Crippen LogP contribution in [0.4, 0.5) is 0 Å². The molecule has 0 saturated heterocycles. The minimum absolute atomic E-state index is 0.0906. The second kappa shape index (κ2) is 10.2. The summed E-state index contributed by atoms with van der Waals surface area (Å²) in [6.45, 7) is 6.25. The van der Waals surface area contributed by atoms with Crippen molar-refractivity contribution in [3.05, 3.63) is 82.0 Å². The normalized spacial score (nSPS) is 11.4. The molecule has 0 bridgehead atoms. The van der Waals surface area contributed by atoms with E-state index in [-0.39, 0.29) is 11.5 Å². The standard InChI is InChI=1S/C25H27NO2/c1-18(2)5-4-6-19(3)7-14-23-24(27)15-22(16-25(23)28)13-10-20-8-11-21(17-26)12-9-20/h5,7-13,15-16,27-28H,4,6,14H2,1-3H3/b13-10+,19-7+. The summed E-state index contributed by atoms with van der Waals surface area (Å²) in [6.07, 6.45) is 10.4. The van der Waals surface area contributed by atoms with Crippen molar-refractivity contribution in [1.82, 2.24) is 0 Å². The highest BCUT2D eigenvalue weighted by Gasteiger charge is 2.08. The average Bonchev–Trinajstić information content (AvgIpc) is 2.65. The van der Waals surface area contributed by atoms with Crippen molar-refractivity contribution in [2.75, 3.05) is 0 Å². The van der Waals surface area contributed by atoms with Crippen LogP contribution in [0.15, 0.2) is 59.7 Å². The zero-order valence-corrected chi connectivity index (χ0v) is 16.7. The third-order valence-electron chi connectivity index (χ3n) is 4.48. The lowest BCUT2D eigenvalue weighted by Gasteiger charge is -2.08. The zero-order chi connectivity index (χ0) is 20.5. The Hall–Kier alpha value is -3.25. The second-order valence-corrected chi connectivity index (χ2v) is 7.18. The number of phenols is 2. The summed E-state index contributed by atoms with van der Waals surface area (Å²) in [5, 5.41) is 29.5. The molecule has 0 aliphatic rings. The maximum absolute atomic E-state index is 10.3. The highest BCUT2D eigenvalue weighted by Crippen LogP contribution is 2.31. The fraction of sp³-hybridized carbons (Fsp3) is 0.240. The van der Waals surface area contributed by atoms with Crippen molar-refractivity contribution < 1.29 is 10.2 Å². The van der Waals surface area contributed by atoms with Gasteiger partial charge in [-0.05, 0) is 75.4 Å². The molecule has 0 unspecified atom stereocenters. The van der Waals surface area contributed by atoms with Crippen LogP contribution in [0.3, 0.4) is 0 Å². The quantitative estimate of drug-likeness (QED) is 0.437. The smallest absolute Gasteiger partial charge is 0.123 e. The van der Waals surface area contributed by atoms with Crippen LogP contribution in [0.2, 0.25) is 0 Å². The lowest BCUT2D eigenvalue weighted by Crippen LogP contribution is -1.88. The summed E-state index contributed by atoms with van der Waals surface area (Å²) in [5.41, 5.74) is 5.36. The van der Waals surface area contributed by atoms with E-state index in [2.05, 4.69) is 39.0 Å². The number of aromatic hydroxyl groups is 2. The molecule has 0 spiro atoms. The molecule has 0 saturated carbocycles. The first-order chi connectivity index (χ1) is 13.4. The van der Waals surface area contributed by atoms with Crippen molar-refractivity contribution in [1.29, 1.82) is 5.26 Å². The van der Waals surface area contributed by atoms with Crippen LogP contribution in [0.1, 0.15) is 55.9 Å². The Morgan fingerprint density at radius 2 is 1.54 bits per heavy atom. The molecular weight excluding hydrogens is 346 g/mol. The van der Waals surface area contributed by atoms with Gasteiger partial charge in [-0.25, -0.2) is 0 Å². The first-order valence-corrected chi connectivity index (χ1v) is 9.41. The van der Waals surface area contributed by atoms with E-state index in [1.54, 1.807) is 24.3 Å². The largest absolute Gasteiger partial charge is 0.507 e. The lowest BCUT2D eigenvalue weighted by atomic mass is 10.0. The van der Waals surface area contributed by atoms with E-state index in [9.17, 15) is 10.2 Å². The van der Waals surface area contributed by atoms with Crippen LogP contribution in [-0.4, -0.2) is 10.2 Å². The Labute approximate surface area is 167 Å². The zero-order valence-electron chi connectivity index (χ0n) is 16.7. The van der Waals surface area contributed by atoms with E-state index in [4.69, 9.17) is 5.26 Å². The van der Waals surface area contributed by atoms with Crippen LogP contribution in [-0.2, 0) is 6.42 Å². The Morgan fingerprint density at radius 3 is 2.11 bits per heavy atom. The van der Waals surface area contributed by atoms with Gasteiger partial charge in [-0.2, -0.15) is 5.26 Å². The number of hydrogen-bond donors (Lipinski definition) is 2. The number of nitrogens with zero attached hydrogens (tertiary/aromatic N) is 1. The maximum Gasteiger partial charge on any atom is 0.123 e. The van der Waals surface area contributed by atoms with Gasteiger partial charge in [0.1, 0.15) is 11.5 Å². The molecule has 3 heteroatoms. The Kier molecular flexibility index (Phi) is 7.65. The van der Waals surface area contributed by atoms with E-state index in [0.717, 1.165) is 18.4 Å². The van der Waals surface area contributed by atoms with Gasteiger partial charge in [0, 0.05) is 5.56 Å². The number of benzene rings is 2. The summed E-state index contributed by atoms with van der Waals surface area (Å²) in [7, 11) is 0. The van der Waals surface area contributed by atoms with Crippen molar-refractivity contribution in [2.24, 2.45) is 0 Å². The van der Waals surface area contributed by atoms with Gasteiger partial charge in [-0.15, -0.1) is 0 Å². The first-order valence-electron chi connectivity index (χ1n) is 9.41. The monoisotopic (exact) mass is 373 g/mol. The van der Waals surface area contributed by atoms with Crippen LogP contribution < -0.4 is 0 Å². The molecule has 0 atom stereocenters. The van der Waals surface area contributed by atoms with Crippen LogP contribution >= 0.6 is 0 Å². The number of hydrogen-bond acceptors (Lipinski definition) is 3. The molecule has 3 nitrogen and oxygen atoms in total. The predicted octanol–water partition coefficient (Wildman–Crippen LogP) is 6.38. The van der Waals surface area contributed by atoms with Crippen molar-refractivity contribution in [3.63, 3.8) is 0 Å². The van der Waals surface area contributed by atoms with E-state index >= 15 is 0 Å². The third kappa shape index (κ3) is 6.48. The maximum atomic E-state index is 10.3. The summed E-state index contributed by atoms with van der Waals surface area (Å²) in [6, 6.07) is 12.6. The minimum atomic E-state index is 0.0906. The third-order valence-corrected chi connectivity index (χ3v) is 4.48. The van der Waals surface area contributed by atoms with Crippen LogP contribution in [0, 0.1) is 11.3 Å². The number of phenolic OH excluding ortho intramolecular Hbond substituents is 2. The second-order valence-electron chi connectivity index (χ2n) is 7.18. The van der Waals surface area contributed by atoms with Crippen LogP contribution in [0.25, 0.3) is 12.2 Å². The molecule has 28 heavy (non-hydrogen) atoms. The molecule has 0 fully saturated rings. The Bertz CT molecular complexity index is 914. The number of nitriles is 1. The molecule has 0 aliphatic carbocycles. The highest BCUT2D eigenvalue weighted by atomic mass is 16.3. The highest BCUT2D eigenvalue weighted by molar-refractivity contribution is 5.72. The summed E-state index contributed by atoms with van der Waals surface area (Å²) < 4.78 is 0. The number of allylic oxidation sites excluding steroid dienone is 4. The molecule has 2 aromatic rings. The predicted molar refractivity (Wildman–Crippen MR) is 116 cm³/mol. The summed E-state index contributed by atoms with van der Waals surface area (Å²) in [4.78, 5) is 0. The van der Waals surface area contributed by atoms with Crippen molar-refractivity contribution >= 4 is 12.2 Å². The Morgan fingerprint density at radius 1 is 0.929 bits per heavy atom. The molecule has 144 valence electrons. The van der Waals surface area contributed by atoms with Crippen LogP contribution in [0.5, 0.6) is 11.5 Å². The topological polar surface area (TPSA) is 64.2 Å². The van der Waals surface area contributed by atoms with Gasteiger partial charge in [0.25, 0.3) is 0 Å². The van der Waals surface area contributed by atoms with Gasteiger partial charge in [0.15, 0.2) is 0 Å². The minimum Gasteiger partial charge on any atom is -0.507 e. The van der Waals surface area contributed by atoms with E-state index in [1.165, 1.54) is 11.1 Å². The van der Waals surface area contributed by atoms with Gasteiger partial charge in [0.05, 0.1) is 11.6 Å². The molecule has 2 N–H and O–H groups in total. The SMILES string of the molecule is CC(C)=CCC/C(C)=C/Cc1c(O)cc(/C=C/c2ccc(C#N)cc2)cc1O.